The lowest BCUT2D eigenvalue weighted by Crippen LogP contribution is -2.51. The van der Waals surface area contributed by atoms with Gasteiger partial charge in [0.25, 0.3) is 0 Å². The number of carbonyl (C=O) groups excluding carboxylic acids is 1. The molecule has 2 aliphatic heterocycles. The summed E-state index contributed by atoms with van der Waals surface area (Å²) in [5.74, 6) is -0.0188. The number of hydrogen-bond acceptors (Lipinski definition) is 2. The lowest BCUT2D eigenvalue weighted by atomic mass is 9.85. The maximum Gasteiger partial charge on any atom is 0.223 e. The van der Waals surface area contributed by atoms with E-state index in [1.807, 2.05) is 11.0 Å². The molecule has 1 aromatic carbocycles. The fourth-order valence-electron chi connectivity index (χ4n) is 3.36. The highest BCUT2D eigenvalue weighted by atomic mass is 19.1. The number of amides is 1. The van der Waals surface area contributed by atoms with Gasteiger partial charge >= 0.3 is 0 Å². The Morgan fingerprint density at radius 2 is 2.05 bits per heavy atom. The molecule has 19 heavy (non-hydrogen) atoms. The van der Waals surface area contributed by atoms with E-state index < -0.39 is 0 Å². The van der Waals surface area contributed by atoms with E-state index in [1.54, 1.807) is 6.07 Å². The van der Waals surface area contributed by atoms with Gasteiger partial charge in [-0.1, -0.05) is 12.1 Å². The highest BCUT2D eigenvalue weighted by molar-refractivity contribution is 5.79. The zero-order chi connectivity index (χ0) is 13.3. The second-order valence-corrected chi connectivity index (χ2v) is 5.58. The fraction of sp³-hybridized carbons (Fsp3) is 0.533. The Morgan fingerprint density at radius 3 is 2.79 bits per heavy atom. The van der Waals surface area contributed by atoms with Gasteiger partial charge in [-0.2, -0.15) is 0 Å². The minimum atomic E-state index is -0.233. The van der Waals surface area contributed by atoms with Crippen molar-refractivity contribution in [2.75, 3.05) is 13.1 Å². The van der Waals surface area contributed by atoms with E-state index in [1.165, 1.54) is 12.1 Å². The molecule has 0 unspecified atom stereocenters. The van der Waals surface area contributed by atoms with Gasteiger partial charge in [-0.15, -0.1) is 0 Å². The van der Waals surface area contributed by atoms with E-state index in [-0.39, 0.29) is 17.3 Å². The number of halogens is 1. The minimum Gasteiger partial charge on any atom is -0.333 e. The third-order valence-electron chi connectivity index (χ3n) is 4.44. The average molecular weight is 262 g/mol. The quantitative estimate of drug-likeness (QED) is 0.885. The van der Waals surface area contributed by atoms with Crippen molar-refractivity contribution < 1.29 is 9.18 Å². The number of benzene rings is 1. The van der Waals surface area contributed by atoms with Crippen molar-refractivity contribution in [3.63, 3.8) is 0 Å². The molecule has 2 aliphatic rings. The third-order valence-corrected chi connectivity index (χ3v) is 4.44. The summed E-state index contributed by atoms with van der Waals surface area (Å²) >= 11 is 0. The van der Waals surface area contributed by atoms with E-state index in [2.05, 4.69) is 5.32 Å². The molecule has 2 heterocycles. The number of rotatable bonds is 2. The molecule has 3 nitrogen and oxygen atoms in total. The second kappa shape index (κ2) is 4.93. The first-order valence-corrected chi connectivity index (χ1v) is 6.95. The van der Waals surface area contributed by atoms with Gasteiger partial charge in [0.1, 0.15) is 5.82 Å². The predicted octanol–water partition coefficient (Wildman–Crippen LogP) is 2.07. The number of hydrogen-bond donors (Lipinski definition) is 1. The molecule has 0 saturated carbocycles. The Kier molecular flexibility index (Phi) is 3.27. The molecular formula is C15H19FN2O. The molecule has 0 radical (unpaired) electrons. The first-order chi connectivity index (χ1) is 9.20. The molecule has 0 atom stereocenters. The van der Waals surface area contributed by atoms with E-state index >= 15 is 0 Å². The summed E-state index contributed by atoms with van der Waals surface area (Å²) in [7, 11) is 0. The van der Waals surface area contributed by atoms with Gasteiger partial charge < -0.3 is 10.2 Å². The molecule has 2 fully saturated rings. The van der Waals surface area contributed by atoms with Crippen LogP contribution in [0.2, 0.25) is 0 Å². The number of likely N-dealkylation sites (tertiary alicyclic amines) is 1. The summed E-state index contributed by atoms with van der Waals surface area (Å²) in [6, 6.07) is 6.57. The Bertz CT molecular complexity index is 483. The standard InChI is InChI=1S/C15H19FN2O/c16-13-3-1-2-12(10-13)11-18-14(19)4-5-15(18)6-8-17-9-7-15/h1-3,10,17H,4-9,11H2. The van der Waals surface area contributed by atoms with E-state index in [4.69, 9.17) is 0 Å². The summed E-state index contributed by atoms with van der Waals surface area (Å²) in [6.45, 7) is 2.47. The lowest BCUT2D eigenvalue weighted by molar-refractivity contribution is -0.132. The van der Waals surface area contributed by atoms with Crippen LogP contribution in [0.1, 0.15) is 31.2 Å². The van der Waals surface area contributed by atoms with Crippen molar-refractivity contribution in [1.29, 1.82) is 0 Å². The minimum absolute atomic E-state index is 0.00858. The SMILES string of the molecule is O=C1CCC2(CCNCC2)N1Cc1cccc(F)c1. The van der Waals surface area contributed by atoms with Crippen LogP contribution in [0, 0.1) is 5.82 Å². The monoisotopic (exact) mass is 262 g/mol. The predicted molar refractivity (Wildman–Crippen MR) is 71.0 cm³/mol. The topological polar surface area (TPSA) is 32.3 Å². The first-order valence-electron chi connectivity index (χ1n) is 6.95. The lowest BCUT2D eigenvalue weighted by Gasteiger charge is -2.42. The molecule has 1 N–H and O–H groups in total. The van der Waals surface area contributed by atoms with Crippen molar-refractivity contribution >= 4 is 5.91 Å². The highest BCUT2D eigenvalue weighted by Gasteiger charge is 2.45. The van der Waals surface area contributed by atoms with Gasteiger partial charge in [-0.25, -0.2) is 4.39 Å². The average Bonchev–Trinajstić information content (AvgIpc) is 2.69. The third kappa shape index (κ3) is 2.37. The summed E-state index contributed by atoms with van der Waals surface area (Å²) < 4.78 is 13.3. The summed E-state index contributed by atoms with van der Waals surface area (Å²) in [4.78, 5) is 14.1. The highest BCUT2D eigenvalue weighted by Crippen LogP contribution is 2.38. The van der Waals surface area contributed by atoms with Crippen molar-refractivity contribution in [1.82, 2.24) is 10.2 Å². The Hall–Kier alpha value is -1.42. The molecule has 0 aromatic heterocycles. The van der Waals surface area contributed by atoms with Crippen molar-refractivity contribution in [3.05, 3.63) is 35.6 Å². The van der Waals surface area contributed by atoms with Gasteiger partial charge in [0.15, 0.2) is 0 Å². The van der Waals surface area contributed by atoms with Crippen LogP contribution in [-0.4, -0.2) is 29.4 Å². The normalized spacial score (nSPS) is 22.2. The summed E-state index contributed by atoms with van der Waals surface area (Å²) in [5, 5.41) is 3.35. The van der Waals surface area contributed by atoms with Crippen LogP contribution in [0.4, 0.5) is 4.39 Å². The molecule has 4 heteroatoms. The van der Waals surface area contributed by atoms with E-state index in [0.717, 1.165) is 37.9 Å². The van der Waals surface area contributed by atoms with Gasteiger partial charge in [-0.05, 0) is 50.0 Å². The summed E-state index contributed by atoms with van der Waals surface area (Å²) in [5.41, 5.74) is 0.891. The molecule has 102 valence electrons. The van der Waals surface area contributed by atoms with Gasteiger partial charge in [-0.3, -0.25) is 4.79 Å². The van der Waals surface area contributed by atoms with Crippen LogP contribution >= 0.6 is 0 Å². The number of carbonyl (C=O) groups is 1. The fourth-order valence-corrected chi connectivity index (χ4v) is 3.36. The van der Waals surface area contributed by atoms with Gasteiger partial charge in [0, 0.05) is 18.5 Å². The van der Waals surface area contributed by atoms with Gasteiger partial charge in [0.2, 0.25) is 5.91 Å². The van der Waals surface area contributed by atoms with Crippen LogP contribution < -0.4 is 5.32 Å². The van der Waals surface area contributed by atoms with Crippen LogP contribution in [0.25, 0.3) is 0 Å². The number of nitrogens with one attached hydrogen (secondary N) is 1. The van der Waals surface area contributed by atoms with Crippen LogP contribution in [0.5, 0.6) is 0 Å². The number of piperidine rings is 1. The Balaban J connectivity index is 1.82. The van der Waals surface area contributed by atoms with Crippen LogP contribution in [0.15, 0.2) is 24.3 Å². The maximum atomic E-state index is 13.3. The van der Waals surface area contributed by atoms with Crippen molar-refractivity contribution in [2.24, 2.45) is 0 Å². The van der Waals surface area contributed by atoms with Gasteiger partial charge in [0.05, 0.1) is 0 Å². The van der Waals surface area contributed by atoms with Crippen molar-refractivity contribution in [2.45, 2.75) is 37.8 Å². The molecule has 0 bridgehead atoms. The smallest absolute Gasteiger partial charge is 0.223 e. The molecule has 1 aromatic rings. The summed E-state index contributed by atoms with van der Waals surface area (Å²) in [6.07, 6.45) is 3.60. The zero-order valence-corrected chi connectivity index (χ0v) is 11.0. The van der Waals surface area contributed by atoms with E-state index in [9.17, 15) is 9.18 Å². The van der Waals surface area contributed by atoms with E-state index in [0.29, 0.717) is 13.0 Å². The largest absolute Gasteiger partial charge is 0.333 e. The molecule has 1 spiro atoms. The Morgan fingerprint density at radius 1 is 1.26 bits per heavy atom. The zero-order valence-electron chi connectivity index (χ0n) is 11.0. The second-order valence-electron chi connectivity index (χ2n) is 5.58. The molecular weight excluding hydrogens is 243 g/mol. The number of nitrogens with zero attached hydrogens (tertiary/aromatic N) is 1. The molecule has 2 saturated heterocycles. The van der Waals surface area contributed by atoms with Crippen LogP contribution in [0.3, 0.4) is 0 Å². The maximum absolute atomic E-state index is 13.3. The molecule has 0 aliphatic carbocycles. The first kappa shape index (κ1) is 12.6. The molecule has 3 rings (SSSR count). The van der Waals surface area contributed by atoms with Crippen LogP contribution in [-0.2, 0) is 11.3 Å². The molecule has 1 amide bonds. The Labute approximate surface area is 112 Å². The van der Waals surface area contributed by atoms with Crippen molar-refractivity contribution in [3.8, 4) is 0 Å².